The molecule has 142 valence electrons. The lowest BCUT2D eigenvalue weighted by Crippen LogP contribution is -2.36. The molecule has 1 aliphatic rings. The van der Waals surface area contributed by atoms with Crippen LogP contribution in [-0.4, -0.2) is 29.6 Å². The van der Waals surface area contributed by atoms with Crippen molar-refractivity contribution in [3.63, 3.8) is 0 Å². The molecular weight excluding hydrogens is 385 g/mol. The van der Waals surface area contributed by atoms with Crippen molar-refractivity contribution in [3.8, 4) is 16.6 Å². The zero-order valence-electron chi connectivity index (χ0n) is 14.7. The quantitative estimate of drug-likeness (QED) is 0.384. The van der Waals surface area contributed by atoms with Gasteiger partial charge in [0.15, 0.2) is 0 Å². The van der Waals surface area contributed by atoms with Crippen LogP contribution in [0.2, 0.25) is 0 Å². The molecule has 4 heterocycles. The summed E-state index contributed by atoms with van der Waals surface area (Å²) in [5, 5.41) is 11.7. The number of thiazole rings is 1. The fourth-order valence-corrected chi connectivity index (χ4v) is 4.43. The Hall–Kier alpha value is -3.27. The van der Waals surface area contributed by atoms with Crippen molar-refractivity contribution in [1.82, 2.24) is 19.1 Å². The van der Waals surface area contributed by atoms with E-state index in [-0.39, 0.29) is 17.6 Å². The van der Waals surface area contributed by atoms with E-state index in [2.05, 4.69) is 9.97 Å². The van der Waals surface area contributed by atoms with Crippen molar-refractivity contribution in [2.24, 2.45) is 0 Å². The van der Waals surface area contributed by atoms with E-state index >= 15 is 0 Å². The zero-order chi connectivity index (χ0) is 19.5. The summed E-state index contributed by atoms with van der Waals surface area (Å²) in [5.41, 5.74) is 1.19. The van der Waals surface area contributed by atoms with Crippen LogP contribution >= 0.6 is 11.3 Å². The summed E-state index contributed by atoms with van der Waals surface area (Å²) < 4.78 is 23.7. The second-order valence-corrected chi connectivity index (χ2v) is 8.06. The number of rotatable bonds is 4. The summed E-state index contributed by atoms with van der Waals surface area (Å²) in [6, 6.07) is 6.55. The lowest BCUT2D eigenvalue weighted by Gasteiger charge is -2.22. The van der Waals surface area contributed by atoms with Crippen LogP contribution in [0.15, 0.2) is 42.9 Å². The molecule has 1 aromatic carbocycles. The number of nitro groups is 1. The third-order valence-electron chi connectivity index (χ3n) is 4.62. The van der Waals surface area contributed by atoms with Gasteiger partial charge in [0.2, 0.25) is 0 Å². The molecule has 0 saturated carbocycles. The van der Waals surface area contributed by atoms with Crippen LogP contribution < -0.4 is 4.74 Å². The Balaban J connectivity index is 1.35. The number of imidazole rings is 1. The van der Waals surface area contributed by atoms with Gasteiger partial charge in [0.05, 0.1) is 23.3 Å². The molecule has 8 nitrogen and oxygen atoms in total. The molecule has 0 aliphatic carbocycles. The van der Waals surface area contributed by atoms with Gasteiger partial charge in [-0.1, -0.05) is 0 Å². The van der Waals surface area contributed by atoms with Gasteiger partial charge in [-0.05, 0) is 36.1 Å². The molecule has 1 aliphatic heterocycles. The second kappa shape index (κ2) is 5.86. The molecule has 1 atom stereocenters. The zero-order valence-corrected chi connectivity index (χ0v) is 15.5. The van der Waals surface area contributed by atoms with Gasteiger partial charge in [-0.3, -0.25) is 4.57 Å². The highest BCUT2D eigenvalue weighted by Crippen LogP contribution is 2.34. The van der Waals surface area contributed by atoms with E-state index in [4.69, 9.17) is 4.74 Å². The number of nitrogens with zero attached hydrogens (tertiary/aromatic N) is 5. The van der Waals surface area contributed by atoms with E-state index in [1.807, 2.05) is 23.9 Å². The minimum atomic E-state index is -0.557. The minimum Gasteiger partial charge on any atom is -0.436 e. The molecule has 4 aromatic rings. The van der Waals surface area contributed by atoms with Crippen LogP contribution in [0.4, 0.5) is 10.2 Å². The largest absolute Gasteiger partial charge is 0.436 e. The Morgan fingerprint density at radius 2 is 2.07 bits per heavy atom. The van der Waals surface area contributed by atoms with Crippen LogP contribution in [0.25, 0.3) is 20.8 Å². The molecule has 28 heavy (non-hydrogen) atoms. The van der Waals surface area contributed by atoms with Crippen LogP contribution in [0.1, 0.15) is 6.92 Å². The third-order valence-corrected chi connectivity index (χ3v) is 5.67. The first-order valence-corrected chi connectivity index (χ1v) is 9.33. The van der Waals surface area contributed by atoms with Gasteiger partial charge in [-0.2, -0.15) is 0 Å². The summed E-state index contributed by atoms with van der Waals surface area (Å²) >= 11 is 1.54. The average Bonchev–Trinajstić information content (AvgIpc) is 3.33. The summed E-state index contributed by atoms with van der Waals surface area (Å²) in [6.07, 6.45) is 5.33. The normalized spacial score (nSPS) is 18.4. The van der Waals surface area contributed by atoms with Gasteiger partial charge >= 0.3 is 11.8 Å². The van der Waals surface area contributed by atoms with E-state index in [9.17, 15) is 14.5 Å². The van der Waals surface area contributed by atoms with E-state index in [1.165, 1.54) is 18.3 Å². The Kier molecular flexibility index (Phi) is 3.53. The maximum Gasteiger partial charge on any atom is 0.415 e. The molecule has 0 spiro atoms. The Morgan fingerprint density at radius 3 is 2.75 bits per heavy atom. The molecule has 0 amide bonds. The molecular formula is C18H14FN5O3S. The number of benzene rings is 1. The highest BCUT2D eigenvalue weighted by Gasteiger charge is 2.40. The number of hydrogen-bond acceptors (Lipinski definition) is 6. The topological polar surface area (TPSA) is 88.0 Å². The standard InChI is InChI=1S/C18H14FN5O3S/c1-18(10-23-8-15(24(25)26)21-17(23)27-18)9-22-6-13-14(7-22)28-16(20-13)11-2-4-12(19)5-3-11/h2-8H,9-10H2,1H3/t18-/m0/s1. The van der Waals surface area contributed by atoms with Crippen molar-refractivity contribution >= 4 is 27.4 Å². The SMILES string of the molecule is C[C@]1(Cn2cc3nc(-c4ccc(F)cc4)sc3c2)Cn2cc([N+](=O)[O-])nc2O1. The first kappa shape index (κ1) is 16.9. The van der Waals surface area contributed by atoms with Crippen molar-refractivity contribution in [3.05, 3.63) is 58.8 Å². The number of ether oxygens (including phenoxy) is 1. The average molecular weight is 399 g/mol. The Labute approximate surface area is 162 Å². The van der Waals surface area contributed by atoms with Gasteiger partial charge in [0.25, 0.3) is 0 Å². The van der Waals surface area contributed by atoms with E-state index in [1.54, 1.807) is 28.0 Å². The number of halogens is 1. The predicted octanol–water partition coefficient (Wildman–Crippen LogP) is 3.86. The third kappa shape index (κ3) is 2.82. The van der Waals surface area contributed by atoms with Crippen molar-refractivity contribution in [2.45, 2.75) is 25.6 Å². The molecule has 0 unspecified atom stereocenters. The van der Waals surface area contributed by atoms with Crippen LogP contribution in [0.5, 0.6) is 6.01 Å². The molecule has 0 N–H and O–H groups in total. The summed E-state index contributed by atoms with van der Waals surface area (Å²) in [6.45, 7) is 2.97. The van der Waals surface area contributed by atoms with Crippen LogP contribution in [-0.2, 0) is 13.1 Å². The van der Waals surface area contributed by atoms with Crippen LogP contribution in [0, 0.1) is 15.9 Å². The molecule has 0 saturated heterocycles. The van der Waals surface area contributed by atoms with Gasteiger partial charge < -0.3 is 19.4 Å². The van der Waals surface area contributed by atoms with Gasteiger partial charge in [-0.15, -0.1) is 11.3 Å². The first-order valence-electron chi connectivity index (χ1n) is 8.51. The molecule has 0 fully saturated rings. The smallest absolute Gasteiger partial charge is 0.415 e. The van der Waals surface area contributed by atoms with Crippen LogP contribution in [0.3, 0.4) is 0 Å². The molecule has 0 radical (unpaired) electrons. The Bertz CT molecular complexity index is 1150. The Morgan fingerprint density at radius 1 is 1.29 bits per heavy atom. The van der Waals surface area contributed by atoms with Crippen molar-refractivity contribution < 1.29 is 14.1 Å². The molecule has 5 rings (SSSR count). The fraction of sp³-hybridized carbons (Fsp3) is 0.222. The number of hydrogen-bond donors (Lipinski definition) is 0. The predicted molar refractivity (Wildman–Crippen MR) is 101 cm³/mol. The monoisotopic (exact) mass is 399 g/mol. The highest BCUT2D eigenvalue weighted by atomic mass is 32.1. The summed E-state index contributed by atoms with van der Waals surface area (Å²) in [7, 11) is 0. The lowest BCUT2D eigenvalue weighted by molar-refractivity contribution is -0.389. The maximum atomic E-state index is 13.1. The van der Waals surface area contributed by atoms with E-state index in [0.29, 0.717) is 13.1 Å². The highest BCUT2D eigenvalue weighted by molar-refractivity contribution is 7.21. The van der Waals surface area contributed by atoms with Crippen molar-refractivity contribution in [1.29, 1.82) is 0 Å². The molecule has 0 bridgehead atoms. The minimum absolute atomic E-state index is 0.212. The fourth-order valence-electron chi connectivity index (χ4n) is 3.43. The van der Waals surface area contributed by atoms with E-state index in [0.717, 1.165) is 20.8 Å². The van der Waals surface area contributed by atoms with Gasteiger partial charge in [0.1, 0.15) is 22.6 Å². The van der Waals surface area contributed by atoms with Gasteiger partial charge in [0, 0.05) is 22.9 Å². The van der Waals surface area contributed by atoms with E-state index < -0.39 is 10.5 Å². The number of aromatic nitrogens is 4. The first-order chi connectivity index (χ1) is 13.4. The van der Waals surface area contributed by atoms with Gasteiger partial charge in [-0.25, -0.2) is 9.37 Å². The van der Waals surface area contributed by atoms with Crippen molar-refractivity contribution in [2.75, 3.05) is 0 Å². The summed E-state index contributed by atoms with van der Waals surface area (Å²) in [4.78, 5) is 18.8. The lowest BCUT2D eigenvalue weighted by atomic mass is 10.1. The maximum absolute atomic E-state index is 13.1. The second-order valence-electron chi connectivity index (χ2n) is 7.02. The summed E-state index contributed by atoms with van der Waals surface area (Å²) in [5.74, 6) is -0.483. The molecule has 3 aromatic heterocycles. The molecule has 10 heteroatoms. The number of fused-ring (bicyclic) bond motifs is 2.